The van der Waals surface area contributed by atoms with Gasteiger partial charge >= 0.3 is 0 Å². The first-order valence-corrected chi connectivity index (χ1v) is 6.43. The summed E-state index contributed by atoms with van der Waals surface area (Å²) < 4.78 is 5.09. The predicted molar refractivity (Wildman–Crippen MR) is 73.6 cm³/mol. The van der Waals surface area contributed by atoms with Crippen molar-refractivity contribution in [2.24, 2.45) is 0 Å². The Morgan fingerprint density at radius 1 is 1.35 bits per heavy atom. The van der Waals surface area contributed by atoms with Crippen LogP contribution in [-0.4, -0.2) is 38.8 Å². The average molecular weight is 235 g/mol. The summed E-state index contributed by atoms with van der Waals surface area (Å²) in [4.78, 5) is 2.33. The second-order valence-corrected chi connectivity index (χ2v) is 4.75. The van der Waals surface area contributed by atoms with Crippen molar-refractivity contribution in [1.82, 2.24) is 4.90 Å². The highest BCUT2D eigenvalue weighted by Gasteiger charge is 2.08. The van der Waals surface area contributed by atoms with Crippen LogP contribution in [0.5, 0.6) is 0 Å². The molecule has 1 aromatic rings. The Morgan fingerprint density at radius 2 is 2.12 bits per heavy atom. The number of methoxy groups -OCH3 is 1. The Morgan fingerprint density at radius 3 is 2.76 bits per heavy atom. The first-order valence-electron chi connectivity index (χ1n) is 6.43. The molecule has 0 saturated carbocycles. The zero-order valence-electron chi connectivity index (χ0n) is 11.6. The molecular formula is C15H25NO. The van der Waals surface area contributed by atoms with E-state index in [1.165, 1.54) is 11.1 Å². The first-order chi connectivity index (χ1) is 8.17. The third-order valence-corrected chi connectivity index (χ3v) is 3.19. The lowest BCUT2D eigenvalue weighted by Crippen LogP contribution is -2.27. The van der Waals surface area contributed by atoms with Crippen LogP contribution in [0.15, 0.2) is 24.3 Å². The van der Waals surface area contributed by atoms with Gasteiger partial charge in [0.25, 0.3) is 0 Å². The Labute approximate surface area is 106 Å². The molecule has 0 amide bonds. The van der Waals surface area contributed by atoms with E-state index in [1.54, 1.807) is 7.11 Å². The summed E-state index contributed by atoms with van der Waals surface area (Å²) >= 11 is 0. The molecule has 0 aliphatic carbocycles. The highest BCUT2D eigenvalue weighted by Crippen LogP contribution is 2.17. The number of nitrogens with zero attached hydrogens (tertiary/aromatic N) is 1. The molecule has 2 heteroatoms. The van der Waals surface area contributed by atoms with E-state index in [9.17, 15) is 0 Å². The van der Waals surface area contributed by atoms with E-state index in [1.807, 2.05) is 0 Å². The molecule has 1 aromatic carbocycles. The van der Waals surface area contributed by atoms with E-state index in [4.69, 9.17) is 4.74 Å². The molecule has 0 aliphatic heterocycles. The van der Waals surface area contributed by atoms with Crippen LogP contribution >= 0.6 is 0 Å². The van der Waals surface area contributed by atoms with Crippen molar-refractivity contribution >= 4 is 0 Å². The zero-order valence-corrected chi connectivity index (χ0v) is 11.6. The third kappa shape index (κ3) is 4.88. The van der Waals surface area contributed by atoms with Gasteiger partial charge in [0, 0.05) is 20.2 Å². The molecule has 0 N–H and O–H groups in total. The normalized spacial score (nSPS) is 13.0. The lowest BCUT2D eigenvalue weighted by molar-refractivity contribution is 0.159. The molecule has 0 bridgehead atoms. The fourth-order valence-corrected chi connectivity index (χ4v) is 2.03. The van der Waals surface area contributed by atoms with Crippen LogP contribution in [0.4, 0.5) is 0 Å². The quantitative estimate of drug-likeness (QED) is 0.720. The number of benzene rings is 1. The maximum atomic E-state index is 5.09. The van der Waals surface area contributed by atoms with Crippen molar-refractivity contribution < 1.29 is 4.74 Å². The van der Waals surface area contributed by atoms with Gasteiger partial charge in [-0.25, -0.2) is 0 Å². The average Bonchev–Trinajstić information content (AvgIpc) is 2.36. The van der Waals surface area contributed by atoms with E-state index in [0.29, 0.717) is 5.92 Å². The molecule has 0 saturated heterocycles. The lowest BCUT2D eigenvalue weighted by atomic mass is 9.98. The number of hydrogen-bond donors (Lipinski definition) is 0. The van der Waals surface area contributed by atoms with Crippen LogP contribution in [-0.2, 0) is 11.2 Å². The summed E-state index contributed by atoms with van der Waals surface area (Å²) in [5, 5.41) is 0. The van der Waals surface area contributed by atoms with Gasteiger partial charge < -0.3 is 9.64 Å². The molecule has 0 heterocycles. The molecule has 1 atom stereocenters. The SMILES string of the molecule is CCc1cccc(C(C)CN(C)CCOC)c1. The molecule has 0 aromatic heterocycles. The Hall–Kier alpha value is -0.860. The fraction of sp³-hybridized carbons (Fsp3) is 0.600. The number of aryl methyl sites for hydroxylation is 1. The van der Waals surface area contributed by atoms with E-state index in [2.05, 4.69) is 50.1 Å². The molecule has 0 fully saturated rings. The van der Waals surface area contributed by atoms with Crippen LogP contribution < -0.4 is 0 Å². The van der Waals surface area contributed by atoms with Crippen molar-refractivity contribution in [2.45, 2.75) is 26.2 Å². The summed E-state index contributed by atoms with van der Waals surface area (Å²) in [6.07, 6.45) is 1.11. The van der Waals surface area contributed by atoms with Crippen molar-refractivity contribution in [3.63, 3.8) is 0 Å². The second-order valence-electron chi connectivity index (χ2n) is 4.75. The summed E-state index contributed by atoms with van der Waals surface area (Å²) in [6.45, 7) is 7.37. The van der Waals surface area contributed by atoms with Crippen molar-refractivity contribution in [3.8, 4) is 0 Å². The molecule has 17 heavy (non-hydrogen) atoms. The van der Waals surface area contributed by atoms with Crippen LogP contribution in [0.1, 0.15) is 30.9 Å². The fourth-order valence-electron chi connectivity index (χ4n) is 2.03. The Balaban J connectivity index is 2.53. The van der Waals surface area contributed by atoms with E-state index >= 15 is 0 Å². The number of rotatable bonds is 7. The summed E-state index contributed by atoms with van der Waals surface area (Å²) in [5.41, 5.74) is 2.86. The minimum Gasteiger partial charge on any atom is -0.383 e. The summed E-state index contributed by atoms with van der Waals surface area (Å²) in [6, 6.07) is 8.92. The summed E-state index contributed by atoms with van der Waals surface area (Å²) in [7, 11) is 3.90. The van der Waals surface area contributed by atoms with Crippen molar-refractivity contribution in [1.29, 1.82) is 0 Å². The largest absolute Gasteiger partial charge is 0.383 e. The number of likely N-dealkylation sites (N-methyl/N-ethyl adjacent to an activating group) is 1. The maximum absolute atomic E-state index is 5.09. The molecule has 1 unspecified atom stereocenters. The van der Waals surface area contributed by atoms with E-state index in [-0.39, 0.29) is 0 Å². The highest BCUT2D eigenvalue weighted by atomic mass is 16.5. The van der Waals surface area contributed by atoms with Gasteiger partial charge in [0.05, 0.1) is 6.61 Å². The molecule has 96 valence electrons. The van der Waals surface area contributed by atoms with Gasteiger partial charge in [-0.15, -0.1) is 0 Å². The van der Waals surface area contributed by atoms with Gasteiger partial charge in [-0.2, -0.15) is 0 Å². The smallest absolute Gasteiger partial charge is 0.0589 e. The topological polar surface area (TPSA) is 12.5 Å². The highest BCUT2D eigenvalue weighted by molar-refractivity contribution is 5.26. The van der Waals surface area contributed by atoms with Crippen molar-refractivity contribution in [3.05, 3.63) is 35.4 Å². The van der Waals surface area contributed by atoms with E-state index in [0.717, 1.165) is 26.1 Å². The first kappa shape index (κ1) is 14.2. The molecule has 0 aliphatic rings. The molecule has 0 radical (unpaired) electrons. The van der Waals surface area contributed by atoms with Gasteiger partial charge in [0.2, 0.25) is 0 Å². The van der Waals surface area contributed by atoms with Gasteiger partial charge in [0.15, 0.2) is 0 Å². The van der Waals surface area contributed by atoms with Gasteiger partial charge in [-0.1, -0.05) is 38.1 Å². The summed E-state index contributed by atoms with van der Waals surface area (Å²) in [5.74, 6) is 0.573. The minimum absolute atomic E-state index is 0.573. The standard InChI is InChI=1S/C15H25NO/c1-5-14-7-6-8-15(11-14)13(2)12-16(3)9-10-17-4/h6-8,11,13H,5,9-10,12H2,1-4H3. The lowest BCUT2D eigenvalue weighted by Gasteiger charge is -2.21. The third-order valence-electron chi connectivity index (χ3n) is 3.19. The maximum Gasteiger partial charge on any atom is 0.0589 e. The Bertz CT molecular complexity index is 324. The molecule has 0 spiro atoms. The van der Waals surface area contributed by atoms with Crippen LogP contribution in [0, 0.1) is 0 Å². The van der Waals surface area contributed by atoms with Crippen LogP contribution in [0.2, 0.25) is 0 Å². The van der Waals surface area contributed by atoms with Crippen molar-refractivity contribution in [2.75, 3.05) is 33.9 Å². The van der Waals surface area contributed by atoms with Gasteiger partial charge in [-0.3, -0.25) is 0 Å². The van der Waals surface area contributed by atoms with E-state index < -0.39 is 0 Å². The zero-order chi connectivity index (χ0) is 12.7. The minimum atomic E-state index is 0.573. The van der Waals surface area contributed by atoms with Gasteiger partial charge in [0.1, 0.15) is 0 Å². The predicted octanol–water partition coefficient (Wildman–Crippen LogP) is 2.93. The Kier molecular flexibility index (Phi) is 6.23. The number of ether oxygens (including phenoxy) is 1. The molecular weight excluding hydrogens is 210 g/mol. The molecule has 2 nitrogen and oxygen atoms in total. The monoisotopic (exact) mass is 235 g/mol. The second kappa shape index (κ2) is 7.46. The number of hydrogen-bond acceptors (Lipinski definition) is 2. The van der Waals surface area contributed by atoms with Gasteiger partial charge in [-0.05, 0) is 30.5 Å². The molecule has 1 rings (SSSR count). The van der Waals surface area contributed by atoms with Crippen LogP contribution in [0.25, 0.3) is 0 Å². The van der Waals surface area contributed by atoms with Crippen LogP contribution in [0.3, 0.4) is 0 Å².